The Kier molecular flexibility index (Phi) is 6.17. The zero-order valence-corrected chi connectivity index (χ0v) is 16.7. The van der Waals surface area contributed by atoms with Crippen molar-refractivity contribution >= 4 is 29.1 Å². The molecule has 1 unspecified atom stereocenters. The molecule has 1 aliphatic rings. The van der Waals surface area contributed by atoms with Crippen molar-refractivity contribution in [2.75, 3.05) is 27.2 Å². The zero-order valence-electron chi connectivity index (χ0n) is 15.9. The van der Waals surface area contributed by atoms with Gasteiger partial charge in [0.05, 0.1) is 26.7 Å². The first-order valence-electron chi connectivity index (χ1n) is 9.26. The average Bonchev–Trinajstić information content (AvgIpc) is 2.93. The van der Waals surface area contributed by atoms with Crippen molar-refractivity contribution in [1.82, 2.24) is 4.90 Å². The van der Waals surface area contributed by atoms with E-state index < -0.39 is 23.5 Å². The Balaban J connectivity index is 2.06. The lowest BCUT2D eigenvalue weighted by Crippen LogP contribution is -3.05. The molecular formula is C22H23ClN2O3. The lowest BCUT2D eigenvalue weighted by Gasteiger charge is -2.27. The molecule has 1 heterocycles. The van der Waals surface area contributed by atoms with Crippen LogP contribution in [0.25, 0.3) is 5.76 Å². The van der Waals surface area contributed by atoms with Crippen LogP contribution in [0.15, 0.2) is 60.2 Å². The summed E-state index contributed by atoms with van der Waals surface area (Å²) >= 11 is 5.91. The molecule has 1 N–H and O–H groups in total. The van der Waals surface area contributed by atoms with E-state index in [4.69, 9.17) is 11.6 Å². The maximum atomic E-state index is 13.1. The molecule has 0 aromatic heterocycles. The Hall–Kier alpha value is -2.63. The van der Waals surface area contributed by atoms with Gasteiger partial charge in [0.15, 0.2) is 0 Å². The van der Waals surface area contributed by atoms with Gasteiger partial charge in [-0.1, -0.05) is 59.8 Å². The standard InChI is InChI=1S/C22H23ClN2O3/c1-24(2)13-6-14-25-19(15-7-4-3-5-8-15)18(21(27)22(25)28)20(26)16-9-11-17(23)12-10-16/h3-5,7-12,19,26H,6,13-14H2,1-2H3. The molecule has 1 amide bonds. The van der Waals surface area contributed by atoms with Crippen LogP contribution in [-0.4, -0.2) is 43.8 Å². The van der Waals surface area contributed by atoms with Crippen LogP contribution in [-0.2, 0) is 9.59 Å². The number of ketones is 1. The van der Waals surface area contributed by atoms with Crippen molar-refractivity contribution < 1.29 is 19.6 Å². The molecule has 5 nitrogen and oxygen atoms in total. The topological polar surface area (TPSA) is 64.9 Å². The number of nitrogens with zero attached hydrogens (tertiary/aromatic N) is 1. The second kappa shape index (κ2) is 8.59. The van der Waals surface area contributed by atoms with Gasteiger partial charge in [-0.2, -0.15) is 0 Å². The molecule has 0 bridgehead atoms. The van der Waals surface area contributed by atoms with Crippen molar-refractivity contribution in [1.29, 1.82) is 0 Å². The predicted octanol–water partition coefficient (Wildman–Crippen LogP) is 1.10. The van der Waals surface area contributed by atoms with Gasteiger partial charge in [0.25, 0.3) is 5.91 Å². The first-order chi connectivity index (χ1) is 13.4. The van der Waals surface area contributed by atoms with Gasteiger partial charge in [-0.15, -0.1) is 0 Å². The fraction of sp³-hybridized carbons (Fsp3) is 0.273. The molecule has 2 aromatic rings. The number of carbonyl (C=O) groups is 2. The van der Waals surface area contributed by atoms with Crippen molar-refractivity contribution in [3.05, 3.63) is 76.3 Å². The second-order valence-electron chi connectivity index (χ2n) is 7.20. The molecule has 0 aliphatic carbocycles. The van der Waals surface area contributed by atoms with Gasteiger partial charge >= 0.3 is 0 Å². The number of hydrogen-bond donors (Lipinski definition) is 1. The maximum Gasteiger partial charge on any atom is 0.295 e. The summed E-state index contributed by atoms with van der Waals surface area (Å²) in [5, 5.41) is 13.6. The number of halogens is 1. The van der Waals surface area contributed by atoms with Crippen molar-refractivity contribution in [3.8, 4) is 0 Å². The van der Waals surface area contributed by atoms with Gasteiger partial charge in [0, 0.05) is 23.6 Å². The number of rotatable bonds is 6. The van der Waals surface area contributed by atoms with Gasteiger partial charge < -0.3 is 14.9 Å². The van der Waals surface area contributed by atoms with Gasteiger partial charge in [0.1, 0.15) is 0 Å². The van der Waals surface area contributed by atoms with E-state index in [1.807, 2.05) is 44.4 Å². The summed E-state index contributed by atoms with van der Waals surface area (Å²) in [4.78, 5) is 28.3. The van der Waals surface area contributed by atoms with Crippen LogP contribution in [0.5, 0.6) is 0 Å². The van der Waals surface area contributed by atoms with E-state index >= 15 is 0 Å². The summed E-state index contributed by atoms with van der Waals surface area (Å²) in [5.41, 5.74) is 1.12. The highest BCUT2D eigenvalue weighted by atomic mass is 35.5. The van der Waals surface area contributed by atoms with E-state index in [1.165, 1.54) is 9.80 Å². The van der Waals surface area contributed by atoms with Crippen LogP contribution in [0.2, 0.25) is 5.02 Å². The van der Waals surface area contributed by atoms with E-state index in [0.29, 0.717) is 17.1 Å². The van der Waals surface area contributed by atoms with Crippen LogP contribution in [0, 0.1) is 0 Å². The number of nitrogens with one attached hydrogen (secondary N) is 1. The highest BCUT2D eigenvalue weighted by molar-refractivity contribution is 6.46. The molecule has 1 saturated heterocycles. The maximum absolute atomic E-state index is 13.1. The molecule has 3 rings (SSSR count). The van der Waals surface area contributed by atoms with Gasteiger partial charge in [-0.05, 0) is 23.3 Å². The Morgan fingerprint density at radius 1 is 1.07 bits per heavy atom. The van der Waals surface area contributed by atoms with Gasteiger partial charge in [-0.25, -0.2) is 0 Å². The van der Waals surface area contributed by atoms with Crippen molar-refractivity contribution in [2.45, 2.75) is 12.5 Å². The molecule has 1 atom stereocenters. The second-order valence-corrected chi connectivity index (χ2v) is 7.64. The quantitative estimate of drug-likeness (QED) is 0.450. The van der Waals surface area contributed by atoms with E-state index in [-0.39, 0.29) is 5.57 Å². The Morgan fingerprint density at radius 3 is 2.32 bits per heavy atom. The Morgan fingerprint density at radius 2 is 1.71 bits per heavy atom. The third kappa shape index (κ3) is 4.11. The normalized spacial score (nSPS) is 18.9. The van der Waals surface area contributed by atoms with E-state index in [2.05, 4.69) is 0 Å². The van der Waals surface area contributed by atoms with Crippen molar-refractivity contribution in [3.63, 3.8) is 0 Å². The van der Waals surface area contributed by atoms with Gasteiger partial charge in [0.2, 0.25) is 5.78 Å². The summed E-state index contributed by atoms with van der Waals surface area (Å²) in [5.74, 6) is -1.75. The number of carbonyl (C=O) groups excluding carboxylic acids is 2. The number of quaternary nitrogens is 1. The minimum Gasteiger partial charge on any atom is -0.872 e. The van der Waals surface area contributed by atoms with Crippen LogP contribution >= 0.6 is 11.6 Å². The summed E-state index contributed by atoms with van der Waals surface area (Å²) in [6.45, 7) is 1.28. The molecule has 146 valence electrons. The molecule has 1 fully saturated rings. The third-order valence-electron chi connectivity index (χ3n) is 4.83. The highest BCUT2D eigenvalue weighted by Crippen LogP contribution is 2.38. The summed E-state index contributed by atoms with van der Waals surface area (Å²) in [6.07, 6.45) is 0.743. The minimum absolute atomic E-state index is 0.00993. The largest absolute Gasteiger partial charge is 0.872 e. The van der Waals surface area contributed by atoms with Crippen LogP contribution < -0.4 is 10.0 Å². The first kappa shape index (κ1) is 20.1. The number of likely N-dealkylation sites (tertiary alicyclic amines) is 1. The fourth-order valence-corrected chi connectivity index (χ4v) is 3.57. The number of Topliss-reactive ketones (excluding diaryl/α,β-unsaturated/α-hetero) is 1. The first-order valence-corrected chi connectivity index (χ1v) is 9.64. The molecule has 2 aromatic carbocycles. The highest BCUT2D eigenvalue weighted by Gasteiger charge is 2.43. The smallest absolute Gasteiger partial charge is 0.295 e. The number of hydrogen-bond acceptors (Lipinski definition) is 3. The van der Waals surface area contributed by atoms with E-state index in [0.717, 1.165) is 18.5 Å². The lowest BCUT2D eigenvalue weighted by atomic mass is 9.95. The summed E-state index contributed by atoms with van der Waals surface area (Å²) in [7, 11) is 4.07. The lowest BCUT2D eigenvalue weighted by molar-refractivity contribution is -0.858. The summed E-state index contributed by atoms with van der Waals surface area (Å²) in [6, 6.07) is 14.9. The van der Waals surface area contributed by atoms with Crippen LogP contribution in [0.4, 0.5) is 0 Å². The Labute approximate surface area is 169 Å². The molecule has 0 spiro atoms. The molecule has 28 heavy (non-hydrogen) atoms. The molecule has 0 radical (unpaired) electrons. The van der Waals surface area contributed by atoms with E-state index in [9.17, 15) is 14.7 Å². The molecular weight excluding hydrogens is 376 g/mol. The van der Waals surface area contributed by atoms with Crippen LogP contribution in [0.3, 0.4) is 0 Å². The number of benzene rings is 2. The Bertz CT molecular complexity index is 892. The molecule has 6 heteroatoms. The SMILES string of the molecule is C[NH+](C)CCCN1C(=O)C(=O)C(=C([O-])c2ccc(Cl)cc2)C1c1ccccc1. The molecule has 0 saturated carbocycles. The minimum atomic E-state index is -0.717. The predicted molar refractivity (Wildman–Crippen MR) is 107 cm³/mol. The fourth-order valence-electron chi connectivity index (χ4n) is 3.44. The average molecular weight is 399 g/mol. The van der Waals surface area contributed by atoms with Gasteiger partial charge in [-0.3, -0.25) is 9.59 Å². The third-order valence-corrected chi connectivity index (χ3v) is 5.08. The molecule has 1 aliphatic heterocycles. The van der Waals surface area contributed by atoms with Crippen molar-refractivity contribution in [2.24, 2.45) is 0 Å². The summed E-state index contributed by atoms with van der Waals surface area (Å²) < 4.78 is 0. The monoisotopic (exact) mass is 398 g/mol. The van der Waals surface area contributed by atoms with E-state index in [1.54, 1.807) is 24.3 Å². The zero-order chi connectivity index (χ0) is 20.3. The van der Waals surface area contributed by atoms with Crippen LogP contribution in [0.1, 0.15) is 23.6 Å². The number of amides is 1.